The van der Waals surface area contributed by atoms with E-state index in [0.29, 0.717) is 50.7 Å². The standard InChI is InChI=1S/C45H50FN7O7S3/c1-7-25-21-45(25,42(56)52-63(57,58)29-16-17-29)51-39(54)32-20-28(22-53(32)41(55)37(44(4,5)6)49-43-47-31-9-8-10-34(31)62-43)60-40-36-35(30-19-26(46)13-18-33(30)61-36)48-38(50-40)24-11-14-27(15-12-24)59-23(2)3/h7,11-15,18-19,23,25,28-29,32,37H,1,8-10,16-17,20-22H2,2-6H3,(H,47,49)(H,51,54)(H,52,56)/t25-,28-,32+,37-,45-/m1/s1. The summed E-state index contributed by atoms with van der Waals surface area (Å²) in [4.78, 5) is 60.7. The first-order valence-corrected chi connectivity index (χ1v) is 24.5. The van der Waals surface area contributed by atoms with Gasteiger partial charge < -0.3 is 25.0 Å². The molecule has 0 unspecified atom stereocenters. The van der Waals surface area contributed by atoms with Gasteiger partial charge in [0.2, 0.25) is 27.7 Å². The van der Waals surface area contributed by atoms with E-state index < -0.39 is 68.0 Å². The molecule has 3 N–H and O–H groups in total. The van der Waals surface area contributed by atoms with Crippen molar-refractivity contribution >= 4 is 75.9 Å². The minimum atomic E-state index is -3.92. The van der Waals surface area contributed by atoms with Crippen LogP contribution in [0.2, 0.25) is 0 Å². The van der Waals surface area contributed by atoms with Crippen molar-refractivity contribution in [2.45, 2.75) is 115 Å². The second kappa shape index (κ2) is 16.1. The maximum absolute atomic E-state index is 15.0. The summed E-state index contributed by atoms with van der Waals surface area (Å²) in [7, 11) is -3.92. The molecule has 5 aromatic rings. The summed E-state index contributed by atoms with van der Waals surface area (Å²) in [6.45, 7) is 13.5. The number of hydrogen-bond acceptors (Lipinski definition) is 13. The zero-order valence-electron chi connectivity index (χ0n) is 35.7. The number of halogens is 1. The second-order valence-electron chi connectivity index (χ2n) is 18.3. The maximum atomic E-state index is 15.0. The van der Waals surface area contributed by atoms with Crippen molar-refractivity contribution in [1.82, 2.24) is 29.9 Å². The number of sulfonamides is 1. The van der Waals surface area contributed by atoms with Crippen molar-refractivity contribution in [2.75, 3.05) is 11.9 Å². The Morgan fingerprint density at radius 3 is 2.48 bits per heavy atom. The van der Waals surface area contributed by atoms with Gasteiger partial charge in [0.15, 0.2) is 11.0 Å². The van der Waals surface area contributed by atoms with Crippen LogP contribution >= 0.6 is 22.7 Å². The molecule has 0 radical (unpaired) electrons. The summed E-state index contributed by atoms with van der Waals surface area (Å²) in [5.41, 5.74) is -0.0286. The summed E-state index contributed by atoms with van der Waals surface area (Å²) in [6.07, 6.45) is 4.64. The number of anilines is 1. The lowest BCUT2D eigenvalue weighted by atomic mass is 9.85. The first-order chi connectivity index (χ1) is 29.9. The molecular formula is C45H50FN7O7S3. The van der Waals surface area contributed by atoms with Crippen molar-refractivity contribution in [2.24, 2.45) is 11.3 Å². The summed E-state index contributed by atoms with van der Waals surface area (Å²) < 4.78 is 56.7. The largest absolute Gasteiger partial charge is 0.491 e. The monoisotopic (exact) mass is 915 g/mol. The van der Waals surface area contributed by atoms with Crippen LogP contribution in [0.3, 0.4) is 0 Å². The van der Waals surface area contributed by atoms with Gasteiger partial charge in [-0.15, -0.1) is 29.3 Å². The zero-order valence-corrected chi connectivity index (χ0v) is 38.1. The lowest BCUT2D eigenvalue weighted by molar-refractivity contribution is -0.141. The van der Waals surface area contributed by atoms with Gasteiger partial charge in [-0.25, -0.2) is 22.8 Å². The fourth-order valence-corrected chi connectivity index (χ4v) is 12.0. The van der Waals surface area contributed by atoms with E-state index in [0.717, 1.165) is 29.7 Å². The summed E-state index contributed by atoms with van der Waals surface area (Å²) in [5, 5.41) is 6.85. The van der Waals surface area contributed by atoms with Crippen LogP contribution in [0.1, 0.15) is 77.3 Å². The van der Waals surface area contributed by atoms with Gasteiger partial charge in [-0.3, -0.25) is 19.1 Å². The highest BCUT2D eigenvalue weighted by Gasteiger charge is 2.62. The molecule has 0 bridgehead atoms. The molecule has 3 aromatic heterocycles. The van der Waals surface area contributed by atoms with Crippen LogP contribution in [0.5, 0.6) is 11.6 Å². The minimum Gasteiger partial charge on any atom is -0.491 e. The molecule has 3 fully saturated rings. The van der Waals surface area contributed by atoms with Crippen molar-refractivity contribution in [3.8, 4) is 23.0 Å². The number of thiazole rings is 1. The molecule has 9 rings (SSSR count). The molecule has 3 aliphatic carbocycles. The predicted octanol–water partition coefficient (Wildman–Crippen LogP) is 6.93. The predicted molar refractivity (Wildman–Crippen MR) is 241 cm³/mol. The Kier molecular flexibility index (Phi) is 11.0. The zero-order chi connectivity index (χ0) is 44.6. The van der Waals surface area contributed by atoms with E-state index in [2.05, 4.69) is 21.9 Å². The van der Waals surface area contributed by atoms with E-state index in [1.807, 2.05) is 58.9 Å². The third-order valence-electron chi connectivity index (χ3n) is 12.1. The topological polar surface area (TPSA) is 182 Å². The Bertz CT molecular complexity index is 2740. The molecule has 2 saturated carbocycles. The summed E-state index contributed by atoms with van der Waals surface area (Å²) in [5.74, 6) is -1.58. The van der Waals surface area contributed by atoms with Crippen LogP contribution < -0.4 is 24.8 Å². The third kappa shape index (κ3) is 8.48. The van der Waals surface area contributed by atoms with Gasteiger partial charge in [-0.05, 0) is 100 Å². The van der Waals surface area contributed by atoms with Gasteiger partial charge in [0, 0.05) is 32.9 Å². The second-order valence-corrected chi connectivity index (χ2v) is 22.4. The highest BCUT2D eigenvalue weighted by Crippen LogP contribution is 2.46. The lowest BCUT2D eigenvalue weighted by Gasteiger charge is -2.35. The molecule has 5 atom stereocenters. The van der Waals surface area contributed by atoms with Crippen LogP contribution in [0, 0.1) is 17.2 Å². The number of carbonyl (C=O) groups excluding carboxylic acids is 3. The van der Waals surface area contributed by atoms with E-state index in [-0.39, 0.29) is 37.3 Å². The fraction of sp³-hybridized carbons (Fsp3) is 0.467. The van der Waals surface area contributed by atoms with E-state index >= 15 is 4.79 Å². The quantitative estimate of drug-likeness (QED) is 0.0984. The number of hydrogen-bond donors (Lipinski definition) is 3. The molecule has 4 heterocycles. The Morgan fingerprint density at radius 1 is 1.05 bits per heavy atom. The third-order valence-corrected chi connectivity index (χ3v) is 16.1. The highest BCUT2D eigenvalue weighted by atomic mass is 32.2. The Labute approximate surface area is 373 Å². The van der Waals surface area contributed by atoms with Gasteiger partial charge >= 0.3 is 0 Å². The number of fused-ring (bicyclic) bond motifs is 4. The lowest BCUT2D eigenvalue weighted by Crippen LogP contribution is -2.58. The fourth-order valence-electron chi connectivity index (χ4n) is 8.50. The van der Waals surface area contributed by atoms with Gasteiger partial charge in [-0.1, -0.05) is 26.8 Å². The number of amides is 3. The van der Waals surface area contributed by atoms with E-state index in [1.54, 1.807) is 6.07 Å². The van der Waals surface area contributed by atoms with Crippen molar-refractivity contribution in [3.05, 3.63) is 71.5 Å². The highest BCUT2D eigenvalue weighted by molar-refractivity contribution is 7.91. The van der Waals surface area contributed by atoms with E-state index in [4.69, 9.17) is 24.4 Å². The number of rotatable bonds is 14. The molecule has 18 heteroatoms. The molecule has 0 spiro atoms. The SMILES string of the molecule is C=C[C@@H]1C[C@]1(NC(=O)[C@@H]1C[C@@H](Oc2nc(-c3ccc(OC(C)C)cc3)nc3c2sc2ccc(F)cc23)CN1C(=O)[C@@H](Nc1nc2c(s1)CCC2)C(C)(C)C)C(=O)NS(=O)(=O)C1CC1. The maximum Gasteiger partial charge on any atom is 0.259 e. The van der Waals surface area contributed by atoms with E-state index in [9.17, 15) is 22.4 Å². The first kappa shape index (κ1) is 43.1. The normalized spacial score (nSPS) is 22.5. The van der Waals surface area contributed by atoms with Crippen molar-refractivity contribution in [1.29, 1.82) is 0 Å². The molecular weight excluding hydrogens is 866 g/mol. The first-order valence-electron chi connectivity index (χ1n) is 21.3. The van der Waals surface area contributed by atoms with Crippen LogP contribution in [-0.4, -0.2) is 87.6 Å². The van der Waals surface area contributed by atoms with Crippen LogP contribution in [-0.2, 0) is 37.2 Å². The molecule has 3 amide bonds. The number of nitrogens with zero attached hydrogens (tertiary/aromatic N) is 4. The van der Waals surface area contributed by atoms with Crippen LogP contribution in [0.25, 0.3) is 31.7 Å². The van der Waals surface area contributed by atoms with Crippen LogP contribution in [0.4, 0.5) is 9.52 Å². The summed E-state index contributed by atoms with van der Waals surface area (Å²) in [6, 6.07) is 9.85. The molecule has 63 heavy (non-hydrogen) atoms. The van der Waals surface area contributed by atoms with Gasteiger partial charge in [0.25, 0.3) is 5.91 Å². The number of aromatic nitrogens is 3. The van der Waals surface area contributed by atoms with Crippen molar-refractivity contribution in [3.63, 3.8) is 0 Å². The molecule has 2 aromatic carbocycles. The number of carbonyl (C=O) groups is 3. The molecule has 1 aliphatic heterocycles. The van der Waals surface area contributed by atoms with Gasteiger partial charge in [0.05, 0.1) is 29.1 Å². The van der Waals surface area contributed by atoms with E-state index in [1.165, 1.54) is 50.7 Å². The average Bonchev–Trinajstić information content (AvgIpc) is 3.99. The number of benzene rings is 2. The van der Waals surface area contributed by atoms with Crippen molar-refractivity contribution < 1.29 is 36.7 Å². The Hall–Kier alpha value is -5.20. The average molecular weight is 916 g/mol. The Morgan fingerprint density at radius 2 is 1.81 bits per heavy atom. The number of ether oxygens (including phenoxy) is 2. The molecule has 332 valence electrons. The number of aryl methyl sites for hydroxylation is 2. The Balaban J connectivity index is 1.07. The molecule has 4 aliphatic rings. The number of thiophene rings is 1. The van der Waals surface area contributed by atoms with Gasteiger partial charge in [0.1, 0.15) is 40.0 Å². The van der Waals surface area contributed by atoms with Crippen LogP contribution in [0.15, 0.2) is 55.1 Å². The number of nitrogens with one attached hydrogen (secondary N) is 3. The summed E-state index contributed by atoms with van der Waals surface area (Å²) >= 11 is 2.88. The molecule has 1 saturated heterocycles. The van der Waals surface area contributed by atoms with Gasteiger partial charge in [-0.2, -0.15) is 4.98 Å². The molecule has 14 nitrogen and oxygen atoms in total. The number of likely N-dealkylation sites (tertiary alicyclic amines) is 1. The smallest absolute Gasteiger partial charge is 0.259 e. The minimum absolute atomic E-state index is 0.0123.